The number of hydrogen-bond donors (Lipinski definition) is 2. The SMILES string of the molecule is C=C(CC)[C@@H]1NC[C@H]2CC[C@@H]1N2C(=O)O. The van der Waals surface area contributed by atoms with Crippen molar-refractivity contribution in [3.63, 3.8) is 0 Å². The quantitative estimate of drug-likeness (QED) is 0.678. The molecule has 2 saturated heterocycles. The van der Waals surface area contributed by atoms with Crippen LogP contribution in [0.2, 0.25) is 0 Å². The lowest BCUT2D eigenvalue weighted by Gasteiger charge is -2.39. The summed E-state index contributed by atoms with van der Waals surface area (Å²) >= 11 is 0. The average molecular weight is 210 g/mol. The molecule has 0 aromatic carbocycles. The zero-order valence-corrected chi connectivity index (χ0v) is 9.07. The number of piperazine rings is 1. The molecule has 0 spiro atoms. The van der Waals surface area contributed by atoms with Crippen LogP contribution in [0.3, 0.4) is 0 Å². The lowest BCUT2D eigenvalue weighted by atomic mass is 9.96. The van der Waals surface area contributed by atoms with Crippen molar-refractivity contribution in [3.05, 3.63) is 12.2 Å². The van der Waals surface area contributed by atoms with Crippen LogP contribution in [0, 0.1) is 0 Å². The lowest BCUT2D eigenvalue weighted by Crippen LogP contribution is -2.59. The number of hydrogen-bond acceptors (Lipinski definition) is 2. The Labute approximate surface area is 90.0 Å². The third-order valence-corrected chi connectivity index (χ3v) is 3.62. The highest BCUT2D eigenvalue weighted by molar-refractivity contribution is 5.67. The number of rotatable bonds is 2. The monoisotopic (exact) mass is 210 g/mol. The van der Waals surface area contributed by atoms with Crippen LogP contribution in [0.15, 0.2) is 12.2 Å². The van der Waals surface area contributed by atoms with E-state index in [1.54, 1.807) is 4.90 Å². The van der Waals surface area contributed by atoms with Gasteiger partial charge in [0, 0.05) is 18.6 Å². The summed E-state index contributed by atoms with van der Waals surface area (Å²) in [5, 5.41) is 12.6. The highest BCUT2D eigenvalue weighted by atomic mass is 16.4. The number of nitrogens with zero attached hydrogens (tertiary/aromatic N) is 1. The number of carbonyl (C=O) groups is 1. The fourth-order valence-corrected chi connectivity index (χ4v) is 2.77. The van der Waals surface area contributed by atoms with Gasteiger partial charge in [-0.05, 0) is 19.3 Å². The highest BCUT2D eigenvalue weighted by Gasteiger charge is 2.45. The molecule has 2 bridgehead atoms. The summed E-state index contributed by atoms with van der Waals surface area (Å²) in [5.74, 6) is 0. The van der Waals surface area contributed by atoms with Crippen LogP contribution in [0.25, 0.3) is 0 Å². The minimum atomic E-state index is -0.780. The van der Waals surface area contributed by atoms with Gasteiger partial charge in [-0.25, -0.2) is 4.79 Å². The molecular weight excluding hydrogens is 192 g/mol. The van der Waals surface area contributed by atoms with Crippen LogP contribution < -0.4 is 5.32 Å². The Morgan fingerprint density at radius 2 is 2.33 bits per heavy atom. The summed E-state index contributed by atoms with van der Waals surface area (Å²) in [6.07, 6.45) is 2.08. The molecule has 0 aromatic heterocycles. The van der Waals surface area contributed by atoms with Gasteiger partial charge in [0.15, 0.2) is 0 Å². The highest BCUT2D eigenvalue weighted by Crippen LogP contribution is 2.32. The molecule has 0 aliphatic carbocycles. The second-order valence-electron chi connectivity index (χ2n) is 4.39. The second kappa shape index (κ2) is 3.85. The van der Waals surface area contributed by atoms with E-state index < -0.39 is 6.09 Å². The van der Waals surface area contributed by atoms with Gasteiger partial charge < -0.3 is 10.4 Å². The van der Waals surface area contributed by atoms with Crippen LogP contribution in [0.5, 0.6) is 0 Å². The first-order valence-corrected chi connectivity index (χ1v) is 5.57. The van der Waals surface area contributed by atoms with Gasteiger partial charge >= 0.3 is 6.09 Å². The molecule has 4 nitrogen and oxygen atoms in total. The van der Waals surface area contributed by atoms with E-state index in [4.69, 9.17) is 5.11 Å². The number of fused-ring (bicyclic) bond motifs is 2. The topological polar surface area (TPSA) is 52.6 Å². The fraction of sp³-hybridized carbons (Fsp3) is 0.727. The molecule has 1 amide bonds. The van der Waals surface area contributed by atoms with Crippen LogP contribution in [-0.4, -0.2) is 40.8 Å². The van der Waals surface area contributed by atoms with Crippen molar-refractivity contribution in [2.45, 2.75) is 44.3 Å². The second-order valence-corrected chi connectivity index (χ2v) is 4.39. The maximum Gasteiger partial charge on any atom is 0.407 e. The van der Waals surface area contributed by atoms with Gasteiger partial charge in [-0.3, -0.25) is 4.90 Å². The normalized spacial score (nSPS) is 34.2. The molecule has 2 heterocycles. The van der Waals surface area contributed by atoms with E-state index >= 15 is 0 Å². The van der Waals surface area contributed by atoms with Gasteiger partial charge in [-0.2, -0.15) is 0 Å². The Morgan fingerprint density at radius 1 is 1.60 bits per heavy atom. The van der Waals surface area contributed by atoms with Crippen molar-refractivity contribution in [2.24, 2.45) is 0 Å². The third-order valence-electron chi connectivity index (χ3n) is 3.62. The van der Waals surface area contributed by atoms with E-state index in [2.05, 4.69) is 18.8 Å². The maximum absolute atomic E-state index is 11.1. The maximum atomic E-state index is 11.1. The molecular formula is C11H18N2O2. The zero-order valence-electron chi connectivity index (χ0n) is 9.07. The standard InChI is InChI=1S/C11H18N2O2/c1-3-7(2)10-9-5-4-8(6-12-10)13(9)11(14)15/h8-10,12H,2-6H2,1H3,(H,14,15)/t8-,9+,10+/m1/s1. The number of amides is 1. The molecule has 2 aliphatic rings. The molecule has 2 rings (SSSR count). The van der Waals surface area contributed by atoms with E-state index in [-0.39, 0.29) is 18.1 Å². The molecule has 3 atom stereocenters. The predicted molar refractivity (Wildman–Crippen MR) is 57.9 cm³/mol. The summed E-state index contributed by atoms with van der Waals surface area (Å²) in [6.45, 7) is 6.86. The van der Waals surface area contributed by atoms with Crippen molar-refractivity contribution in [1.29, 1.82) is 0 Å². The fourth-order valence-electron chi connectivity index (χ4n) is 2.77. The van der Waals surface area contributed by atoms with Crippen molar-refractivity contribution in [1.82, 2.24) is 10.2 Å². The summed E-state index contributed by atoms with van der Waals surface area (Å²) in [5.41, 5.74) is 1.12. The molecule has 84 valence electrons. The van der Waals surface area contributed by atoms with Crippen LogP contribution in [-0.2, 0) is 0 Å². The smallest absolute Gasteiger partial charge is 0.407 e. The molecule has 0 radical (unpaired) electrons. The third kappa shape index (κ3) is 1.63. The summed E-state index contributed by atoms with van der Waals surface area (Å²) < 4.78 is 0. The van der Waals surface area contributed by atoms with Crippen LogP contribution in [0.1, 0.15) is 26.2 Å². The first kappa shape index (κ1) is 10.5. The molecule has 2 N–H and O–H groups in total. The van der Waals surface area contributed by atoms with Crippen LogP contribution in [0.4, 0.5) is 4.79 Å². The Bertz CT molecular complexity index is 290. The van der Waals surface area contributed by atoms with Gasteiger partial charge in [0.2, 0.25) is 0 Å². The largest absolute Gasteiger partial charge is 0.465 e. The average Bonchev–Trinajstić information content (AvgIpc) is 2.52. The Balaban J connectivity index is 2.18. The Kier molecular flexibility index (Phi) is 2.69. The van der Waals surface area contributed by atoms with E-state index in [9.17, 15) is 4.79 Å². The van der Waals surface area contributed by atoms with Crippen molar-refractivity contribution < 1.29 is 9.90 Å². The first-order chi connectivity index (χ1) is 7.15. The molecule has 0 saturated carbocycles. The summed E-state index contributed by atoms with van der Waals surface area (Å²) in [4.78, 5) is 12.8. The van der Waals surface area contributed by atoms with E-state index in [0.29, 0.717) is 0 Å². The lowest BCUT2D eigenvalue weighted by molar-refractivity contribution is 0.0969. The first-order valence-electron chi connectivity index (χ1n) is 5.57. The molecule has 0 aromatic rings. The van der Waals surface area contributed by atoms with Gasteiger partial charge in [0.05, 0.1) is 6.04 Å². The minimum Gasteiger partial charge on any atom is -0.465 e. The van der Waals surface area contributed by atoms with Crippen molar-refractivity contribution in [2.75, 3.05) is 6.54 Å². The summed E-state index contributed by atoms with van der Waals surface area (Å²) in [7, 11) is 0. The van der Waals surface area contributed by atoms with E-state index in [0.717, 1.165) is 31.4 Å². The Hall–Kier alpha value is -1.03. The molecule has 2 aliphatic heterocycles. The number of carboxylic acid groups (broad SMARTS) is 1. The van der Waals surface area contributed by atoms with Gasteiger partial charge in [-0.15, -0.1) is 0 Å². The summed E-state index contributed by atoms with van der Waals surface area (Å²) in [6, 6.07) is 0.437. The van der Waals surface area contributed by atoms with E-state index in [1.165, 1.54) is 0 Å². The van der Waals surface area contributed by atoms with E-state index in [1.807, 2.05) is 0 Å². The molecule has 2 fully saturated rings. The van der Waals surface area contributed by atoms with Gasteiger partial charge in [0.25, 0.3) is 0 Å². The minimum absolute atomic E-state index is 0.105. The van der Waals surface area contributed by atoms with Crippen molar-refractivity contribution in [3.8, 4) is 0 Å². The van der Waals surface area contributed by atoms with Gasteiger partial charge in [0.1, 0.15) is 0 Å². The zero-order chi connectivity index (χ0) is 11.0. The van der Waals surface area contributed by atoms with Crippen molar-refractivity contribution >= 4 is 6.09 Å². The number of nitrogens with one attached hydrogen (secondary N) is 1. The predicted octanol–water partition coefficient (Wildman–Crippen LogP) is 1.44. The molecule has 0 unspecified atom stereocenters. The molecule has 4 heteroatoms. The van der Waals surface area contributed by atoms with Gasteiger partial charge in [-0.1, -0.05) is 19.1 Å². The van der Waals surface area contributed by atoms with Crippen LogP contribution >= 0.6 is 0 Å². The molecule has 15 heavy (non-hydrogen) atoms. The Morgan fingerprint density at radius 3 is 2.93 bits per heavy atom.